The van der Waals surface area contributed by atoms with Crippen LogP contribution in [0.1, 0.15) is 50.2 Å². The van der Waals surface area contributed by atoms with Crippen molar-refractivity contribution < 1.29 is 11.5 Å². The van der Waals surface area contributed by atoms with E-state index in [1.165, 1.54) is 20.3 Å². The van der Waals surface area contributed by atoms with Crippen molar-refractivity contribution in [3.05, 3.63) is 0 Å². The SMILES string of the molecule is CC(F)F.CCC.[2H]C([2H])(C)C. The van der Waals surface area contributed by atoms with E-state index in [2.05, 4.69) is 13.8 Å². The van der Waals surface area contributed by atoms with Gasteiger partial charge in [0.1, 0.15) is 0 Å². The van der Waals surface area contributed by atoms with Crippen molar-refractivity contribution in [2.24, 2.45) is 0 Å². The van der Waals surface area contributed by atoms with Crippen LogP contribution in [-0.2, 0) is 0 Å². The summed E-state index contributed by atoms with van der Waals surface area (Å²) < 4.78 is 33.9. The molecule has 0 nitrogen and oxygen atoms in total. The second kappa shape index (κ2) is 23.2. The highest BCUT2D eigenvalue weighted by molar-refractivity contribution is 4.06. The van der Waals surface area contributed by atoms with Gasteiger partial charge in [0.2, 0.25) is 6.43 Å². The van der Waals surface area contributed by atoms with Crippen LogP contribution in [0.4, 0.5) is 8.78 Å². The molecule has 0 atom stereocenters. The van der Waals surface area contributed by atoms with Gasteiger partial charge in [-0.05, 0) is 6.92 Å². The summed E-state index contributed by atoms with van der Waals surface area (Å²) in [4.78, 5) is 0. The maximum atomic E-state index is 10.3. The number of hydrogen-bond acceptors (Lipinski definition) is 0. The number of alkyl halides is 2. The van der Waals surface area contributed by atoms with E-state index in [1.54, 1.807) is 0 Å². The topological polar surface area (TPSA) is 0 Å². The maximum absolute atomic E-state index is 10.3. The van der Waals surface area contributed by atoms with Crippen molar-refractivity contribution in [1.29, 1.82) is 0 Å². The van der Waals surface area contributed by atoms with Crippen LogP contribution in [0.15, 0.2) is 0 Å². The molecule has 66 valence electrons. The Morgan fingerprint density at radius 3 is 1.20 bits per heavy atom. The van der Waals surface area contributed by atoms with Crippen LogP contribution in [0.5, 0.6) is 0 Å². The van der Waals surface area contributed by atoms with E-state index in [0.717, 1.165) is 6.92 Å². The number of hydrogen-bond donors (Lipinski definition) is 0. The van der Waals surface area contributed by atoms with Crippen molar-refractivity contribution in [3.63, 3.8) is 0 Å². The van der Waals surface area contributed by atoms with E-state index in [1.807, 2.05) is 0 Å². The quantitative estimate of drug-likeness (QED) is 0.495. The molecule has 0 fully saturated rings. The van der Waals surface area contributed by atoms with Gasteiger partial charge in [0.25, 0.3) is 0 Å². The van der Waals surface area contributed by atoms with E-state index >= 15 is 0 Å². The van der Waals surface area contributed by atoms with Crippen LogP contribution < -0.4 is 0 Å². The zero-order chi connectivity index (χ0) is 10.8. The van der Waals surface area contributed by atoms with Gasteiger partial charge in [0.15, 0.2) is 0 Å². The van der Waals surface area contributed by atoms with Gasteiger partial charge < -0.3 is 0 Å². The molecule has 0 aliphatic heterocycles. The Kier molecular flexibility index (Phi) is 22.8. The molecular formula is C8H20F2. The van der Waals surface area contributed by atoms with Crippen LogP contribution in [0.25, 0.3) is 0 Å². The van der Waals surface area contributed by atoms with E-state index in [9.17, 15) is 8.78 Å². The Hall–Kier alpha value is -0.140. The van der Waals surface area contributed by atoms with Crippen LogP contribution >= 0.6 is 0 Å². The summed E-state index contributed by atoms with van der Waals surface area (Å²) in [5.41, 5.74) is 0. The lowest BCUT2D eigenvalue weighted by Gasteiger charge is -1.70. The molecule has 0 saturated carbocycles. The lowest BCUT2D eigenvalue weighted by Crippen LogP contribution is -1.69. The third kappa shape index (κ3) is 18900. The second-order valence-electron chi connectivity index (χ2n) is 1.73. The van der Waals surface area contributed by atoms with Crippen molar-refractivity contribution in [2.45, 2.75) is 53.8 Å². The van der Waals surface area contributed by atoms with E-state index in [4.69, 9.17) is 2.74 Å². The Morgan fingerprint density at radius 1 is 1.20 bits per heavy atom. The first-order valence-electron chi connectivity index (χ1n) is 4.43. The largest absolute Gasteiger partial charge is 0.235 e. The average Bonchev–Trinajstić information content (AvgIpc) is 1.56. The third-order valence-corrected chi connectivity index (χ3v) is 0. The molecule has 2 heteroatoms. The predicted molar refractivity (Wildman–Crippen MR) is 43.6 cm³/mol. The van der Waals surface area contributed by atoms with Crippen molar-refractivity contribution in [1.82, 2.24) is 0 Å². The monoisotopic (exact) mass is 156 g/mol. The second-order valence-corrected chi connectivity index (χ2v) is 1.73. The van der Waals surface area contributed by atoms with Gasteiger partial charge in [-0.25, -0.2) is 8.78 Å². The van der Waals surface area contributed by atoms with Gasteiger partial charge in [0.05, 0.1) is 0 Å². The van der Waals surface area contributed by atoms with Gasteiger partial charge in [-0.1, -0.05) is 40.5 Å². The fourth-order valence-electron chi connectivity index (χ4n) is 0. The molecule has 0 aromatic heterocycles. The molecule has 0 bridgehead atoms. The average molecular weight is 156 g/mol. The van der Waals surface area contributed by atoms with Crippen LogP contribution in [0.3, 0.4) is 0 Å². The minimum atomic E-state index is -2.17. The molecule has 0 unspecified atom stereocenters. The van der Waals surface area contributed by atoms with Crippen LogP contribution in [-0.4, -0.2) is 6.43 Å². The summed E-state index contributed by atoms with van der Waals surface area (Å²) >= 11 is 0. The normalized spacial score (nSPS) is 11.6. The van der Waals surface area contributed by atoms with Crippen molar-refractivity contribution in [2.75, 3.05) is 0 Å². The molecule has 0 aromatic carbocycles. The molecule has 0 radical (unpaired) electrons. The molecule has 0 aliphatic carbocycles. The first kappa shape index (κ1) is 9.86. The minimum absolute atomic E-state index is 0.833. The summed E-state index contributed by atoms with van der Waals surface area (Å²) in [6, 6.07) is 0. The van der Waals surface area contributed by atoms with E-state index in [0.29, 0.717) is 0 Å². The highest BCUT2D eigenvalue weighted by atomic mass is 19.3. The molecule has 0 amide bonds. The first-order valence-corrected chi connectivity index (χ1v) is 3.43. The van der Waals surface area contributed by atoms with Gasteiger partial charge in [0, 0.05) is 2.74 Å². The Labute approximate surface area is 66.4 Å². The van der Waals surface area contributed by atoms with Crippen molar-refractivity contribution in [3.8, 4) is 0 Å². The zero-order valence-electron chi connectivity index (χ0n) is 9.54. The molecular weight excluding hydrogens is 134 g/mol. The highest BCUT2D eigenvalue weighted by Crippen LogP contribution is 1.82. The zero-order valence-corrected chi connectivity index (χ0v) is 7.54. The third-order valence-electron chi connectivity index (χ3n) is 0. The molecule has 0 aliphatic rings. The smallest absolute Gasteiger partial charge is 0.211 e. The van der Waals surface area contributed by atoms with E-state index in [-0.39, 0.29) is 0 Å². The highest BCUT2D eigenvalue weighted by Gasteiger charge is 1.79. The summed E-state index contributed by atoms with van der Waals surface area (Å²) in [5.74, 6) is 0. The molecule has 10 heavy (non-hydrogen) atoms. The summed E-state index contributed by atoms with van der Waals surface area (Å²) in [6.07, 6.45) is -1.92. The summed E-state index contributed by atoms with van der Waals surface area (Å²) in [7, 11) is 0. The number of rotatable bonds is 0. The lowest BCUT2D eigenvalue weighted by molar-refractivity contribution is 0.171. The van der Waals surface area contributed by atoms with Gasteiger partial charge in [-0.2, -0.15) is 0 Å². The molecule has 0 aromatic rings. The fourth-order valence-corrected chi connectivity index (χ4v) is 0. The minimum Gasteiger partial charge on any atom is -0.211 e. The van der Waals surface area contributed by atoms with Crippen molar-refractivity contribution >= 4 is 0 Å². The molecule has 0 rings (SSSR count). The van der Waals surface area contributed by atoms with E-state index < -0.39 is 12.8 Å². The van der Waals surface area contributed by atoms with Gasteiger partial charge in [-0.3, -0.25) is 0 Å². The summed E-state index contributed by atoms with van der Waals surface area (Å²) in [5, 5.41) is 0. The first-order chi connectivity index (χ1) is 5.15. The standard InChI is InChI=1S/2C3H8.C2H4F2/c2*1-3-2;1-2(3)4/h2*3H2,1-2H3;2H,1H3/i3D2;;. The molecule has 0 heterocycles. The fraction of sp³-hybridized carbons (Fsp3) is 1.00. The molecule has 0 spiro atoms. The van der Waals surface area contributed by atoms with Crippen LogP contribution in [0.2, 0.25) is 0 Å². The molecule has 0 N–H and O–H groups in total. The van der Waals surface area contributed by atoms with Gasteiger partial charge in [-0.15, -0.1) is 0 Å². The Balaban J connectivity index is -0.000000105. The Bertz CT molecular complexity index is 61.2. The maximum Gasteiger partial charge on any atom is 0.235 e. The number of halogens is 2. The predicted octanol–water partition coefficient (Wildman–Crippen LogP) is 4.10. The summed E-state index contributed by atoms with van der Waals surface area (Å²) in [6.45, 7) is 8.13. The lowest BCUT2D eigenvalue weighted by atomic mass is 10.6. The van der Waals surface area contributed by atoms with Gasteiger partial charge >= 0.3 is 0 Å². The van der Waals surface area contributed by atoms with Crippen LogP contribution in [0, 0.1) is 0 Å². The molecule has 0 saturated heterocycles. The Morgan fingerprint density at radius 2 is 1.20 bits per heavy atom.